The van der Waals surface area contributed by atoms with Crippen molar-refractivity contribution in [2.45, 2.75) is 24.8 Å². The van der Waals surface area contributed by atoms with Crippen molar-refractivity contribution < 1.29 is 33.6 Å². The molecule has 1 aromatic rings. The third kappa shape index (κ3) is 3.81. The van der Waals surface area contributed by atoms with Crippen LogP contribution in [-0.2, 0) is 30.3 Å². The Bertz CT molecular complexity index is 661. The van der Waals surface area contributed by atoms with Crippen LogP contribution >= 0.6 is 0 Å². The minimum Gasteiger partial charge on any atom is -0.497 e. The molecule has 0 aromatic heterocycles. The summed E-state index contributed by atoms with van der Waals surface area (Å²) in [6.07, 6.45) is 0.302. The third-order valence-electron chi connectivity index (χ3n) is 5.48. The van der Waals surface area contributed by atoms with Crippen molar-refractivity contribution in [3.8, 4) is 5.75 Å². The summed E-state index contributed by atoms with van der Waals surface area (Å²) in [6.45, 7) is 3.15. The van der Waals surface area contributed by atoms with E-state index in [9.17, 15) is 9.90 Å². The summed E-state index contributed by atoms with van der Waals surface area (Å²) in [6, 6.07) is 6.98. The Morgan fingerprint density at radius 3 is 2.44 bits per heavy atom. The fourth-order valence-electron chi connectivity index (χ4n) is 3.93. The number of likely N-dealkylation sites (tertiary alicyclic amines) is 1. The highest BCUT2D eigenvalue weighted by atomic mass is 16.7. The van der Waals surface area contributed by atoms with Crippen LogP contribution in [0.5, 0.6) is 5.75 Å². The van der Waals surface area contributed by atoms with Gasteiger partial charge in [0.25, 0.3) is 0 Å². The van der Waals surface area contributed by atoms with Crippen LogP contribution in [0.25, 0.3) is 0 Å². The Morgan fingerprint density at radius 2 is 1.85 bits per heavy atom. The van der Waals surface area contributed by atoms with Gasteiger partial charge in [0.15, 0.2) is 5.79 Å². The maximum absolute atomic E-state index is 11.8. The van der Waals surface area contributed by atoms with E-state index in [1.807, 2.05) is 29.2 Å². The van der Waals surface area contributed by atoms with Crippen molar-refractivity contribution in [2.24, 2.45) is 5.41 Å². The van der Waals surface area contributed by atoms with Crippen molar-refractivity contribution in [1.82, 2.24) is 4.90 Å². The van der Waals surface area contributed by atoms with E-state index >= 15 is 0 Å². The zero-order valence-electron chi connectivity index (χ0n) is 15.4. The maximum Gasteiger partial charge on any atom is 0.321 e. The summed E-state index contributed by atoms with van der Waals surface area (Å²) in [5, 5.41) is 9.69. The molecule has 4 rings (SSSR count). The van der Waals surface area contributed by atoms with Gasteiger partial charge in [0.2, 0.25) is 0 Å². The number of hydrogen-bond donors (Lipinski definition) is 1. The highest BCUT2D eigenvalue weighted by molar-refractivity contribution is 5.74. The molecule has 0 amide bonds. The van der Waals surface area contributed by atoms with Crippen molar-refractivity contribution in [3.05, 3.63) is 29.8 Å². The van der Waals surface area contributed by atoms with Crippen molar-refractivity contribution in [1.29, 1.82) is 0 Å². The average molecular weight is 379 g/mol. The maximum atomic E-state index is 11.8. The summed E-state index contributed by atoms with van der Waals surface area (Å²) in [4.78, 5) is 13.7. The number of carbonyl (C=O) groups is 1. The summed E-state index contributed by atoms with van der Waals surface area (Å²) in [5.74, 6) is -0.983. The summed E-state index contributed by atoms with van der Waals surface area (Å²) < 4.78 is 28.2. The van der Waals surface area contributed by atoms with Gasteiger partial charge in [-0.1, -0.05) is 12.1 Å². The fourth-order valence-corrected chi connectivity index (χ4v) is 3.93. The highest BCUT2D eigenvalue weighted by Crippen LogP contribution is 2.40. The molecular weight excluding hydrogens is 354 g/mol. The van der Waals surface area contributed by atoms with E-state index in [-0.39, 0.29) is 5.41 Å². The fraction of sp³-hybridized carbons (Fsp3) is 0.632. The molecule has 0 radical (unpaired) electrons. The minimum atomic E-state index is -0.891. The number of methoxy groups -OCH3 is 1. The molecule has 3 aliphatic rings. The first-order chi connectivity index (χ1) is 13.0. The predicted octanol–water partition coefficient (Wildman–Crippen LogP) is 1.09. The Morgan fingerprint density at radius 1 is 1.19 bits per heavy atom. The van der Waals surface area contributed by atoms with Gasteiger partial charge in [-0.2, -0.15) is 0 Å². The molecule has 0 unspecified atom stereocenters. The van der Waals surface area contributed by atoms with E-state index in [4.69, 9.17) is 23.7 Å². The van der Waals surface area contributed by atoms with Gasteiger partial charge in [-0.05, 0) is 17.7 Å². The topological polar surface area (TPSA) is 86.7 Å². The number of carboxylic acids is 1. The second-order valence-corrected chi connectivity index (χ2v) is 7.61. The smallest absolute Gasteiger partial charge is 0.321 e. The Kier molecular flexibility index (Phi) is 5.09. The lowest BCUT2D eigenvalue weighted by molar-refractivity contribution is -0.325. The number of ether oxygens (including phenoxy) is 5. The SMILES string of the molecule is COc1ccc(CN2CC3(C[C@@H]2C(=O)O)OCC2(COCOC2)CO3)cc1. The molecule has 1 N–H and O–H groups in total. The highest BCUT2D eigenvalue weighted by Gasteiger charge is 2.54. The lowest BCUT2D eigenvalue weighted by Crippen LogP contribution is -2.55. The van der Waals surface area contributed by atoms with Crippen molar-refractivity contribution >= 4 is 5.97 Å². The first-order valence-corrected chi connectivity index (χ1v) is 9.06. The van der Waals surface area contributed by atoms with Crippen LogP contribution in [0.15, 0.2) is 24.3 Å². The van der Waals surface area contributed by atoms with E-state index in [0.717, 1.165) is 11.3 Å². The minimum absolute atomic E-state index is 0.295. The lowest BCUT2D eigenvalue weighted by Gasteiger charge is -2.45. The number of aliphatic carboxylic acids is 1. The molecule has 27 heavy (non-hydrogen) atoms. The molecule has 0 aliphatic carbocycles. The number of carboxylic acid groups (broad SMARTS) is 1. The number of benzene rings is 1. The Balaban J connectivity index is 1.44. The first kappa shape index (κ1) is 18.6. The molecule has 0 bridgehead atoms. The molecule has 0 saturated carbocycles. The second-order valence-electron chi connectivity index (χ2n) is 7.61. The van der Waals surface area contributed by atoms with Crippen molar-refractivity contribution in [2.75, 3.05) is 46.9 Å². The summed E-state index contributed by atoms with van der Waals surface area (Å²) in [7, 11) is 1.62. The van der Waals surface area contributed by atoms with Gasteiger partial charge in [0.1, 0.15) is 18.6 Å². The number of rotatable bonds is 4. The quantitative estimate of drug-likeness (QED) is 0.832. The predicted molar refractivity (Wildman–Crippen MR) is 93.3 cm³/mol. The van der Waals surface area contributed by atoms with Crippen molar-refractivity contribution in [3.63, 3.8) is 0 Å². The van der Waals surface area contributed by atoms with Crippen LogP contribution in [0.2, 0.25) is 0 Å². The number of nitrogens with zero attached hydrogens (tertiary/aromatic N) is 1. The molecule has 2 spiro atoms. The molecule has 3 fully saturated rings. The normalized spacial score (nSPS) is 27.1. The number of hydrogen-bond acceptors (Lipinski definition) is 7. The van der Waals surface area contributed by atoms with Gasteiger partial charge in [-0.25, -0.2) is 0 Å². The largest absolute Gasteiger partial charge is 0.497 e. The van der Waals surface area contributed by atoms with Gasteiger partial charge in [-0.15, -0.1) is 0 Å². The molecule has 3 heterocycles. The van der Waals surface area contributed by atoms with E-state index in [1.54, 1.807) is 7.11 Å². The zero-order chi connectivity index (χ0) is 18.9. The molecule has 8 nitrogen and oxygen atoms in total. The second kappa shape index (κ2) is 7.37. The van der Waals surface area contributed by atoms with E-state index < -0.39 is 17.8 Å². The van der Waals surface area contributed by atoms with E-state index in [0.29, 0.717) is 52.7 Å². The molecule has 3 aliphatic heterocycles. The van der Waals surface area contributed by atoms with Crippen LogP contribution in [-0.4, -0.2) is 74.7 Å². The summed E-state index contributed by atoms with van der Waals surface area (Å²) in [5.41, 5.74) is 0.714. The lowest BCUT2D eigenvalue weighted by atomic mass is 9.90. The van der Waals surface area contributed by atoms with E-state index in [1.165, 1.54) is 0 Å². The molecule has 148 valence electrons. The van der Waals surface area contributed by atoms with Crippen LogP contribution in [0.3, 0.4) is 0 Å². The monoisotopic (exact) mass is 379 g/mol. The van der Waals surface area contributed by atoms with Gasteiger partial charge >= 0.3 is 5.97 Å². The van der Waals surface area contributed by atoms with E-state index in [2.05, 4.69) is 0 Å². The average Bonchev–Trinajstić information content (AvgIpc) is 3.05. The third-order valence-corrected chi connectivity index (χ3v) is 5.48. The van der Waals surface area contributed by atoms with Gasteiger partial charge in [-0.3, -0.25) is 9.69 Å². The Hall–Kier alpha value is -1.71. The van der Waals surface area contributed by atoms with Gasteiger partial charge in [0.05, 0.1) is 45.5 Å². The Labute approximate surface area is 157 Å². The van der Waals surface area contributed by atoms with Crippen LogP contribution in [0.4, 0.5) is 0 Å². The van der Waals surface area contributed by atoms with Crippen LogP contribution < -0.4 is 4.74 Å². The molecule has 8 heteroatoms. The van der Waals surface area contributed by atoms with Gasteiger partial charge < -0.3 is 28.8 Å². The molecule has 1 aromatic carbocycles. The van der Waals surface area contributed by atoms with Crippen LogP contribution in [0.1, 0.15) is 12.0 Å². The molecular formula is C19H25NO7. The standard InChI is InChI=1S/C19H25NO7/c1-23-15-4-2-14(3-5-15)7-20-8-19(6-16(20)17(21)22)26-11-18(12-27-19)9-24-13-25-10-18/h2-5,16H,6-13H2,1H3,(H,21,22)/t16-/m1/s1. The van der Waals surface area contributed by atoms with Crippen LogP contribution in [0, 0.1) is 5.41 Å². The molecule has 3 saturated heterocycles. The first-order valence-electron chi connectivity index (χ1n) is 9.06. The molecule has 1 atom stereocenters. The van der Waals surface area contributed by atoms with Gasteiger partial charge in [0, 0.05) is 13.0 Å². The summed E-state index contributed by atoms with van der Waals surface area (Å²) >= 11 is 0. The zero-order valence-corrected chi connectivity index (χ0v) is 15.4.